The van der Waals surface area contributed by atoms with Crippen molar-refractivity contribution in [2.24, 2.45) is 11.3 Å². The Balaban J connectivity index is 1.19. The minimum absolute atomic E-state index is 0.0152. The maximum absolute atomic E-state index is 14.9. The van der Waals surface area contributed by atoms with Crippen LogP contribution in [0.2, 0.25) is 10.0 Å². The van der Waals surface area contributed by atoms with E-state index in [1.165, 1.54) is 29.5 Å². The summed E-state index contributed by atoms with van der Waals surface area (Å²) in [7, 11) is -2.33. The summed E-state index contributed by atoms with van der Waals surface area (Å²) in [6, 6.07) is 10.6. The number of hydrogen-bond donors (Lipinski definition) is 3. The Kier molecular flexibility index (Phi) is 10.9. The van der Waals surface area contributed by atoms with Crippen molar-refractivity contribution in [3.05, 3.63) is 64.1 Å². The minimum Gasteiger partial charge on any atom is -0.494 e. The van der Waals surface area contributed by atoms with Crippen molar-refractivity contribution in [1.82, 2.24) is 24.9 Å². The fraction of sp³-hybridized carbons (Fsp3) is 0.462. The summed E-state index contributed by atoms with van der Waals surface area (Å²) in [6.45, 7) is 7.65. The Labute approximate surface area is 339 Å². The van der Waals surface area contributed by atoms with E-state index in [1.54, 1.807) is 30.3 Å². The van der Waals surface area contributed by atoms with E-state index in [0.717, 1.165) is 5.56 Å². The van der Waals surface area contributed by atoms with Gasteiger partial charge >= 0.3 is 0 Å². The lowest BCUT2D eigenvalue weighted by Crippen LogP contribution is -2.58. The number of sulfonamides is 1. The first-order valence-electron chi connectivity index (χ1n) is 18.5. The predicted molar refractivity (Wildman–Crippen MR) is 217 cm³/mol. The number of carbonyl (C=O) groups excluding carboxylic acids is 3. The van der Waals surface area contributed by atoms with Crippen LogP contribution in [-0.4, -0.2) is 83.6 Å². The van der Waals surface area contributed by atoms with Gasteiger partial charge in [0.15, 0.2) is 5.13 Å². The average Bonchev–Trinajstić information content (AvgIpc) is 4.04. The van der Waals surface area contributed by atoms with Crippen LogP contribution in [-0.2, 0) is 24.4 Å². The second kappa shape index (κ2) is 15.3. The van der Waals surface area contributed by atoms with Gasteiger partial charge in [0.1, 0.15) is 29.5 Å². The fourth-order valence-corrected chi connectivity index (χ4v) is 9.69. The smallest absolute Gasteiger partial charge is 0.259 e. The number of ether oxygens (including phenoxy) is 2. The third-order valence-corrected chi connectivity index (χ3v) is 13.8. The molecule has 17 heteroatoms. The highest BCUT2D eigenvalue weighted by Crippen LogP contribution is 2.47. The molecule has 2 aromatic heterocycles. The largest absolute Gasteiger partial charge is 0.494 e. The molecule has 7 rings (SSSR count). The molecule has 3 N–H and O–H groups in total. The first kappa shape index (κ1) is 40.0. The van der Waals surface area contributed by atoms with Crippen molar-refractivity contribution in [2.75, 3.05) is 19.0 Å². The first-order chi connectivity index (χ1) is 26.5. The maximum Gasteiger partial charge on any atom is 0.259 e. The number of hydrogen-bond acceptors (Lipinski definition) is 11. The molecule has 2 aromatic carbocycles. The molecule has 0 radical (unpaired) electrons. The third kappa shape index (κ3) is 8.13. The van der Waals surface area contributed by atoms with Gasteiger partial charge in [-0.3, -0.25) is 19.1 Å². The predicted octanol–water partition coefficient (Wildman–Crippen LogP) is 6.44. The lowest BCUT2D eigenvalue weighted by Gasteiger charge is -2.35. The van der Waals surface area contributed by atoms with Crippen LogP contribution in [0.15, 0.2) is 54.0 Å². The number of fused-ring (bicyclic) bond motifs is 1. The zero-order valence-electron chi connectivity index (χ0n) is 31.6. The van der Waals surface area contributed by atoms with E-state index >= 15 is 0 Å². The zero-order chi connectivity index (χ0) is 40.2. The molecular formula is C39H44Cl2N6O7S2. The van der Waals surface area contributed by atoms with Crippen LogP contribution < -0.4 is 24.8 Å². The standard InChI is InChI=1S/C39H44Cl2N6O7S2/c1-6-22-17-39(22,36(50)46-56(51,52)26-12-13-26)45-33(48)30-16-25(54-34-28-15-24(41)11-14-27(28)31(53-5)18-42-34)19-47(30)35(49)32(38(2,3)4)44-37-43-29(20-55-37)21-7-9-23(40)10-8-21/h7-11,14-15,18,20,22,25-26,30,32H,6,12-13,16-17,19H2,1-5H3,(H,43,44)(H,45,48)(H,46,50)/t22-,25-,30+,32-,39-/m1/s1. The topological polar surface area (TPSA) is 169 Å². The molecule has 13 nitrogen and oxygen atoms in total. The summed E-state index contributed by atoms with van der Waals surface area (Å²) < 4.78 is 39.8. The van der Waals surface area contributed by atoms with Crippen LogP contribution in [0, 0.1) is 11.3 Å². The van der Waals surface area contributed by atoms with Gasteiger partial charge in [0.2, 0.25) is 27.7 Å². The molecule has 4 aromatic rings. The van der Waals surface area contributed by atoms with Crippen molar-refractivity contribution < 1.29 is 32.3 Å². The second-order valence-corrected chi connectivity index (χ2v) is 19.4. The number of likely N-dealkylation sites (tertiary alicyclic amines) is 1. The van der Waals surface area contributed by atoms with Crippen molar-refractivity contribution in [2.45, 2.75) is 88.8 Å². The summed E-state index contributed by atoms with van der Waals surface area (Å²) in [5.41, 5.74) is -0.506. The summed E-state index contributed by atoms with van der Waals surface area (Å²) >= 11 is 13.8. The molecule has 5 atom stereocenters. The summed E-state index contributed by atoms with van der Waals surface area (Å²) in [6.07, 6.45) is 2.68. The SMILES string of the molecule is CC[C@@H]1C[C@]1(NC(=O)[C@@H]1C[C@@H](Oc2ncc(OC)c3ccc(Cl)cc23)CN1C(=O)[C@@H](Nc1nc(-c2ccc(Cl)cc2)cs1)C(C)(C)C)C(=O)NS(=O)(=O)C1CC1. The molecule has 3 amide bonds. The summed E-state index contributed by atoms with van der Waals surface area (Å²) in [4.78, 5) is 53.7. The van der Waals surface area contributed by atoms with Gasteiger partial charge in [-0.15, -0.1) is 11.3 Å². The number of benzene rings is 2. The Morgan fingerprint density at radius 1 is 1.07 bits per heavy atom. The quantitative estimate of drug-likeness (QED) is 0.136. The number of pyridine rings is 1. The molecule has 2 aliphatic carbocycles. The van der Waals surface area contributed by atoms with Crippen molar-refractivity contribution in [3.63, 3.8) is 0 Å². The van der Waals surface area contributed by atoms with Crippen LogP contribution in [0.3, 0.4) is 0 Å². The van der Waals surface area contributed by atoms with Gasteiger partial charge in [-0.2, -0.15) is 0 Å². The lowest BCUT2D eigenvalue weighted by atomic mass is 9.85. The van der Waals surface area contributed by atoms with Gasteiger partial charge in [-0.25, -0.2) is 18.4 Å². The Hall–Kier alpha value is -4.18. The Bertz CT molecular complexity index is 2280. The third-order valence-electron chi connectivity index (χ3n) is 10.7. The van der Waals surface area contributed by atoms with Crippen LogP contribution >= 0.6 is 34.5 Å². The lowest BCUT2D eigenvalue weighted by molar-refractivity contribution is -0.141. The van der Waals surface area contributed by atoms with Gasteiger partial charge < -0.3 is 25.0 Å². The molecule has 3 fully saturated rings. The molecular weight excluding hydrogens is 800 g/mol. The summed E-state index contributed by atoms with van der Waals surface area (Å²) in [5, 5.41) is 10.4. The van der Waals surface area contributed by atoms with E-state index in [1.807, 2.05) is 45.2 Å². The molecule has 0 spiro atoms. The highest BCUT2D eigenvalue weighted by molar-refractivity contribution is 7.91. The number of methoxy groups -OCH3 is 1. The van der Waals surface area contributed by atoms with Gasteiger partial charge in [-0.05, 0) is 60.9 Å². The molecule has 1 saturated heterocycles. The number of nitrogens with one attached hydrogen (secondary N) is 3. The van der Waals surface area contributed by atoms with Gasteiger partial charge in [0, 0.05) is 38.2 Å². The Morgan fingerprint density at radius 2 is 1.79 bits per heavy atom. The van der Waals surface area contributed by atoms with Gasteiger partial charge in [0.05, 0.1) is 30.8 Å². The zero-order valence-corrected chi connectivity index (χ0v) is 34.7. The minimum atomic E-state index is -3.86. The van der Waals surface area contributed by atoms with Gasteiger partial charge in [-0.1, -0.05) is 69.5 Å². The van der Waals surface area contributed by atoms with Crippen LogP contribution in [0.4, 0.5) is 5.13 Å². The number of carbonyl (C=O) groups is 3. The Morgan fingerprint density at radius 3 is 2.43 bits per heavy atom. The van der Waals surface area contributed by atoms with Crippen LogP contribution in [0.5, 0.6) is 11.6 Å². The van der Waals surface area contributed by atoms with Crippen molar-refractivity contribution in [3.8, 4) is 22.9 Å². The molecule has 3 heterocycles. The normalized spacial score (nSPS) is 22.7. The van der Waals surface area contributed by atoms with E-state index in [-0.39, 0.29) is 37.1 Å². The van der Waals surface area contributed by atoms with Crippen LogP contribution in [0.25, 0.3) is 22.0 Å². The van der Waals surface area contributed by atoms with E-state index in [2.05, 4.69) is 20.3 Å². The molecule has 1 aliphatic heterocycles. The number of anilines is 1. The molecule has 0 unspecified atom stereocenters. The van der Waals surface area contributed by atoms with Crippen LogP contribution in [0.1, 0.15) is 59.8 Å². The number of aromatic nitrogens is 2. The van der Waals surface area contributed by atoms with E-state index in [4.69, 9.17) is 37.7 Å². The molecule has 298 valence electrons. The second-order valence-electron chi connectivity index (χ2n) is 15.7. The van der Waals surface area contributed by atoms with Crippen molar-refractivity contribution in [1.29, 1.82) is 0 Å². The maximum atomic E-state index is 14.9. The summed E-state index contributed by atoms with van der Waals surface area (Å²) in [5.74, 6) is -1.22. The average molecular weight is 844 g/mol. The molecule has 0 bridgehead atoms. The van der Waals surface area contributed by atoms with E-state index in [9.17, 15) is 22.8 Å². The van der Waals surface area contributed by atoms with Crippen molar-refractivity contribution >= 4 is 78.2 Å². The number of amides is 3. The van der Waals surface area contributed by atoms with E-state index < -0.39 is 56.2 Å². The number of halogens is 2. The number of nitrogens with zero attached hydrogens (tertiary/aromatic N) is 3. The fourth-order valence-electron chi connectivity index (χ4n) is 7.28. The number of thiazole rings is 1. The number of rotatable bonds is 13. The van der Waals surface area contributed by atoms with E-state index in [0.29, 0.717) is 56.7 Å². The highest BCUT2D eigenvalue weighted by Gasteiger charge is 2.62. The molecule has 2 saturated carbocycles. The highest BCUT2D eigenvalue weighted by atomic mass is 35.5. The monoisotopic (exact) mass is 842 g/mol. The first-order valence-corrected chi connectivity index (χ1v) is 21.7. The van der Waals surface area contributed by atoms with Gasteiger partial charge in [0.25, 0.3) is 5.91 Å². The molecule has 56 heavy (non-hydrogen) atoms. The molecule has 3 aliphatic rings.